The molecule has 0 spiro atoms. The van der Waals surface area contributed by atoms with E-state index < -0.39 is 10.0 Å². The van der Waals surface area contributed by atoms with Crippen LogP contribution >= 0.6 is 0 Å². The average Bonchev–Trinajstić information content (AvgIpc) is 3.17. The lowest BCUT2D eigenvalue weighted by Crippen LogP contribution is -2.51. The van der Waals surface area contributed by atoms with Gasteiger partial charge in [0.05, 0.1) is 6.26 Å². The standard InChI is InChI=1S/C21H35N5O2S/c1-17-13-20(10-11-25(17)15-18-7-5-4-6-8-18)24-21(22-2)23-14-19-9-12-26(16-19)29(3,27)28/h4-8,17,19-20H,9-16H2,1-3H3,(H2,22,23,24). The first kappa shape index (κ1) is 22.1. The maximum Gasteiger partial charge on any atom is 0.211 e. The fraction of sp³-hybridized carbons (Fsp3) is 0.667. The van der Waals surface area contributed by atoms with Crippen LogP contribution in [0.4, 0.5) is 0 Å². The number of hydrogen-bond donors (Lipinski definition) is 2. The van der Waals surface area contributed by atoms with Crippen LogP contribution in [0.25, 0.3) is 0 Å². The molecule has 7 nitrogen and oxygen atoms in total. The molecule has 2 N–H and O–H groups in total. The molecule has 0 saturated carbocycles. The number of rotatable bonds is 6. The number of likely N-dealkylation sites (tertiary alicyclic amines) is 1. The highest BCUT2D eigenvalue weighted by molar-refractivity contribution is 7.88. The molecular formula is C21H35N5O2S. The Morgan fingerprint density at radius 1 is 1.21 bits per heavy atom. The number of nitrogens with one attached hydrogen (secondary N) is 2. The first-order chi connectivity index (χ1) is 13.8. The highest BCUT2D eigenvalue weighted by Crippen LogP contribution is 2.20. The van der Waals surface area contributed by atoms with Crippen molar-refractivity contribution in [1.29, 1.82) is 0 Å². The Bertz CT molecular complexity index is 784. The Morgan fingerprint density at radius 2 is 1.97 bits per heavy atom. The Morgan fingerprint density at radius 3 is 2.59 bits per heavy atom. The largest absolute Gasteiger partial charge is 0.356 e. The summed E-state index contributed by atoms with van der Waals surface area (Å²) in [6.45, 7) is 6.32. The second kappa shape index (κ2) is 9.91. The van der Waals surface area contributed by atoms with E-state index in [0.717, 1.165) is 44.9 Å². The zero-order valence-electron chi connectivity index (χ0n) is 17.8. The van der Waals surface area contributed by atoms with Crippen molar-refractivity contribution in [3.63, 3.8) is 0 Å². The van der Waals surface area contributed by atoms with Crippen molar-refractivity contribution < 1.29 is 8.42 Å². The van der Waals surface area contributed by atoms with Gasteiger partial charge in [-0.05, 0) is 37.7 Å². The van der Waals surface area contributed by atoms with Gasteiger partial charge in [0.15, 0.2) is 5.96 Å². The summed E-state index contributed by atoms with van der Waals surface area (Å²) in [5.41, 5.74) is 1.36. The molecule has 2 fully saturated rings. The monoisotopic (exact) mass is 421 g/mol. The van der Waals surface area contributed by atoms with Crippen LogP contribution in [0.2, 0.25) is 0 Å². The summed E-state index contributed by atoms with van der Waals surface area (Å²) in [4.78, 5) is 6.92. The summed E-state index contributed by atoms with van der Waals surface area (Å²) in [6.07, 6.45) is 4.35. The van der Waals surface area contributed by atoms with Crippen molar-refractivity contribution in [3.8, 4) is 0 Å². The molecule has 3 atom stereocenters. The molecular weight excluding hydrogens is 386 g/mol. The van der Waals surface area contributed by atoms with Gasteiger partial charge in [0, 0.05) is 51.9 Å². The quantitative estimate of drug-likeness (QED) is 0.538. The summed E-state index contributed by atoms with van der Waals surface area (Å²) in [5.74, 6) is 1.14. The van der Waals surface area contributed by atoms with Gasteiger partial charge >= 0.3 is 0 Å². The average molecular weight is 422 g/mol. The molecule has 0 bridgehead atoms. The van der Waals surface area contributed by atoms with E-state index in [2.05, 4.69) is 57.8 Å². The van der Waals surface area contributed by atoms with Gasteiger partial charge in [-0.25, -0.2) is 12.7 Å². The number of aliphatic imine (C=N–C) groups is 1. The molecule has 1 aromatic carbocycles. The van der Waals surface area contributed by atoms with Crippen LogP contribution in [0.15, 0.2) is 35.3 Å². The van der Waals surface area contributed by atoms with E-state index in [9.17, 15) is 8.42 Å². The minimum absolute atomic E-state index is 0.329. The van der Waals surface area contributed by atoms with Crippen LogP contribution in [0.5, 0.6) is 0 Å². The van der Waals surface area contributed by atoms with Gasteiger partial charge in [-0.1, -0.05) is 30.3 Å². The topological polar surface area (TPSA) is 77.0 Å². The van der Waals surface area contributed by atoms with Gasteiger partial charge in [0.25, 0.3) is 0 Å². The van der Waals surface area contributed by atoms with Crippen LogP contribution in [0.1, 0.15) is 31.7 Å². The number of sulfonamides is 1. The number of piperidine rings is 1. The number of nitrogens with zero attached hydrogens (tertiary/aromatic N) is 3. The molecule has 3 rings (SSSR count). The SMILES string of the molecule is CN=C(NCC1CCN(S(C)(=O)=O)C1)NC1CCN(Cc2ccccc2)C(C)C1. The highest BCUT2D eigenvalue weighted by atomic mass is 32.2. The molecule has 2 aliphatic rings. The number of hydrogen-bond acceptors (Lipinski definition) is 4. The van der Waals surface area contributed by atoms with Crippen molar-refractivity contribution in [3.05, 3.63) is 35.9 Å². The molecule has 3 unspecified atom stereocenters. The minimum Gasteiger partial charge on any atom is -0.356 e. The third-order valence-corrected chi connectivity index (χ3v) is 7.35. The second-order valence-corrected chi connectivity index (χ2v) is 10.4. The normalized spacial score (nSPS) is 27.1. The Hall–Kier alpha value is -1.64. The zero-order chi connectivity index (χ0) is 20.9. The first-order valence-corrected chi connectivity index (χ1v) is 12.4. The number of benzene rings is 1. The lowest BCUT2D eigenvalue weighted by molar-refractivity contribution is 0.134. The molecule has 0 aliphatic carbocycles. The van der Waals surface area contributed by atoms with Gasteiger partial charge in [-0.2, -0.15) is 0 Å². The lowest BCUT2D eigenvalue weighted by atomic mass is 9.97. The van der Waals surface area contributed by atoms with Crippen LogP contribution < -0.4 is 10.6 Å². The molecule has 0 aromatic heterocycles. The maximum absolute atomic E-state index is 11.7. The maximum atomic E-state index is 11.7. The van der Waals surface area contributed by atoms with E-state index in [1.54, 1.807) is 11.4 Å². The summed E-state index contributed by atoms with van der Waals surface area (Å²) < 4.78 is 24.9. The minimum atomic E-state index is -3.08. The lowest BCUT2D eigenvalue weighted by Gasteiger charge is -2.38. The predicted molar refractivity (Wildman–Crippen MR) is 118 cm³/mol. The van der Waals surface area contributed by atoms with Gasteiger partial charge in [-0.15, -0.1) is 0 Å². The van der Waals surface area contributed by atoms with Crippen molar-refractivity contribution >= 4 is 16.0 Å². The predicted octanol–water partition coefficient (Wildman–Crippen LogP) is 1.49. The van der Waals surface area contributed by atoms with Gasteiger partial charge in [-0.3, -0.25) is 9.89 Å². The molecule has 0 radical (unpaired) electrons. The van der Waals surface area contributed by atoms with E-state index in [1.807, 2.05) is 0 Å². The van der Waals surface area contributed by atoms with E-state index in [0.29, 0.717) is 31.1 Å². The van der Waals surface area contributed by atoms with Crippen LogP contribution in [-0.2, 0) is 16.6 Å². The van der Waals surface area contributed by atoms with Gasteiger partial charge < -0.3 is 10.6 Å². The zero-order valence-corrected chi connectivity index (χ0v) is 18.7. The van der Waals surface area contributed by atoms with Crippen LogP contribution in [0.3, 0.4) is 0 Å². The van der Waals surface area contributed by atoms with E-state index in [4.69, 9.17) is 0 Å². The molecule has 1 aromatic rings. The van der Waals surface area contributed by atoms with Crippen LogP contribution in [0, 0.1) is 5.92 Å². The summed E-state index contributed by atoms with van der Waals surface area (Å²) >= 11 is 0. The van der Waals surface area contributed by atoms with Crippen molar-refractivity contribution in [2.24, 2.45) is 10.9 Å². The third kappa shape index (κ3) is 6.42. The molecule has 8 heteroatoms. The Balaban J connectivity index is 1.42. The molecule has 2 saturated heterocycles. The molecule has 2 aliphatic heterocycles. The highest BCUT2D eigenvalue weighted by Gasteiger charge is 2.29. The van der Waals surface area contributed by atoms with Crippen molar-refractivity contribution in [1.82, 2.24) is 19.8 Å². The van der Waals surface area contributed by atoms with Crippen LogP contribution in [-0.4, -0.2) is 75.1 Å². The molecule has 162 valence electrons. The fourth-order valence-corrected chi connectivity index (χ4v) is 5.22. The number of guanidine groups is 1. The first-order valence-electron chi connectivity index (χ1n) is 10.6. The molecule has 2 heterocycles. The fourth-order valence-electron chi connectivity index (χ4n) is 4.30. The van der Waals surface area contributed by atoms with Crippen molar-refractivity contribution in [2.75, 3.05) is 39.5 Å². The van der Waals surface area contributed by atoms with Gasteiger partial charge in [0.1, 0.15) is 0 Å². The second-order valence-electron chi connectivity index (χ2n) is 8.40. The smallest absolute Gasteiger partial charge is 0.211 e. The summed E-state index contributed by atoms with van der Waals surface area (Å²) in [7, 11) is -1.29. The van der Waals surface area contributed by atoms with Crippen molar-refractivity contribution in [2.45, 2.75) is 44.8 Å². The summed E-state index contributed by atoms with van der Waals surface area (Å²) in [6, 6.07) is 11.6. The van der Waals surface area contributed by atoms with E-state index >= 15 is 0 Å². The van der Waals surface area contributed by atoms with E-state index in [-0.39, 0.29) is 0 Å². The molecule has 29 heavy (non-hydrogen) atoms. The Kier molecular flexibility index (Phi) is 7.54. The molecule has 0 amide bonds. The summed E-state index contributed by atoms with van der Waals surface area (Å²) in [5, 5.41) is 6.97. The third-order valence-electron chi connectivity index (χ3n) is 6.08. The van der Waals surface area contributed by atoms with E-state index in [1.165, 1.54) is 11.8 Å². The van der Waals surface area contributed by atoms with Gasteiger partial charge in [0.2, 0.25) is 10.0 Å². The Labute approximate surface area is 175 Å².